The van der Waals surface area contributed by atoms with Gasteiger partial charge in [-0.1, -0.05) is 51.7 Å². The third-order valence-electron chi connectivity index (χ3n) is 7.66. The van der Waals surface area contributed by atoms with E-state index in [1.165, 1.54) is 12.8 Å². The maximum absolute atomic E-state index is 13.7. The van der Waals surface area contributed by atoms with Crippen LogP contribution in [0.3, 0.4) is 0 Å². The van der Waals surface area contributed by atoms with Crippen molar-refractivity contribution in [3.8, 4) is 0 Å². The molecule has 0 aromatic heterocycles. The van der Waals surface area contributed by atoms with Crippen LogP contribution >= 0.6 is 0 Å². The van der Waals surface area contributed by atoms with E-state index in [0.29, 0.717) is 13.2 Å². The summed E-state index contributed by atoms with van der Waals surface area (Å²) >= 11 is 0. The van der Waals surface area contributed by atoms with Gasteiger partial charge in [-0.15, -0.1) is 0 Å². The summed E-state index contributed by atoms with van der Waals surface area (Å²) in [5.74, 6) is -2.31. The standard InChI is InChI=1S/C35H62O8/c1-27(2)19-16-18-22-34(38-23-24-39-34)21-17-14-12-11-13-15-20-28-26-40-33(9,10)43-35(28,30(37)42-32(6,7)8)25-29(36)41-31(3,4)5/h15,20,27-28H,11-14,16-19,21-26H2,1-10H3/b20-15+/t28-,35+/m1/s1. The van der Waals surface area contributed by atoms with Gasteiger partial charge in [-0.05, 0) is 87.0 Å². The Morgan fingerprint density at radius 1 is 0.837 bits per heavy atom. The number of unbranched alkanes of at least 4 members (excludes halogenated alkanes) is 5. The molecule has 0 amide bonds. The number of esters is 2. The van der Waals surface area contributed by atoms with Crippen molar-refractivity contribution in [2.24, 2.45) is 11.8 Å². The lowest BCUT2D eigenvalue weighted by atomic mass is 9.82. The maximum atomic E-state index is 13.7. The van der Waals surface area contributed by atoms with Gasteiger partial charge in [0.05, 0.1) is 26.2 Å². The monoisotopic (exact) mass is 610 g/mol. The zero-order valence-corrected chi connectivity index (χ0v) is 29.0. The van der Waals surface area contributed by atoms with Gasteiger partial charge >= 0.3 is 11.9 Å². The van der Waals surface area contributed by atoms with E-state index >= 15 is 0 Å². The molecule has 2 atom stereocenters. The molecule has 2 rings (SSSR count). The van der Waals surface area contributed by atoms with Crippen LogP contribution in [0.15, 0.2) is 12.2 Å². The Balaban J connectivity index is 1.97. The Morgan fingerprint density at radius 3 is 2.00 bits per heavy atom. The quantitative estimate of drug-likeness (QED) is 0.0985. The molecule has 2 aliphatic heterocycles. The second-order valence-corrected chi connectivity index (χ2v) is 15.2. The Morgan fingerprint density at radius 2 is 1.42 bits per heavy atom. The Hall–Kier alpha value is -1.48. The molecule has 0 aromatic rings. The van der Waals surface area contributed by atoms with Crippen molar-refractivity contribution in [2.75, 3.05) is 19.8 Å². The van der Waals surface area contributed by atoms with Gasteiger partial charge in [0, 0.05) is 18.8 Å². The molecule has 2 aliphatic rings. The van der Waals surface area contributed by atoms with Crippen LogP contribution in [0.2, 0.25) is 0 Å². The molecule has 0 spiro atoms. The number of carbonyl (C=O) groups excluding carboxylic acids is 2. The van der Waals surface area contributed by atoms with Gasteiger partial charge < -0.3 is 28.4 Å². The number of ether oxygens (including phenoxy) is 6. The molecule has 0 bridgehead atoms. The third kappa shape index (κ3) is 13.6. The van der Waals surface area contributed by atoms with E-state index in [1.54, 1.807) is 55.4 Å². The molecule has 0 aliphatic carbocycles. The first-order valence-corrected chi connectivity index (χ1v) is 16.6. The zero-order chi connectivity index (χ0) is 32.4. The van der Waals surface area contributed by atoms with Gasteiger partial charge in [0.15, 0.2) is 17.2 Å². The minimum Gasteiger partial charge on any atom is -0.460 e. The summed E-state index contributed by atoms with van der Waals surface area (Å²) in [7, 11) is 0. The highest BCUT2D eigenvalue weighted by Gasteiger charge is 2.57. The van der Waals surface area contributed by atoms with Crippen molar-refractivity contribution < 1.29 is 38.0 Å². The first-order chi connectivity index (χ1) is 19.9. The lowest BCUT2D eigenvalue weighted by molar-refractivity contribution is -0.323. The predicted octanol–water partition coefficient (Wildman–Crippen LogP) is 8.05. The largest absolute Gasteiger partial charge is 0.460 e. The van der Waals surface area contributed by atoms with Crippen LogP contribution in [0.1, 0.15) is 140 Å². The number of carbonyl (C=O) groups is 2. The van der Waals surface area contributed by atoms with Crippen LogP contribution < -0.4 is 0 Å². The highest BCUT2D eigenvalue weighted by atomic mass is 16.7. The molecule has 0 saturated carbocycles. The summed E-state index contributed by atoms with van der Waals surface area (Å²) < 4.78 is 35.8. The number of hydrogen-bond acceptors (Lipinski definition) is 8. The van der Waals surface area contributed by atoms with Crippen molar-refractivity contribution >= 4 is 11.9 Å². The second-order valence-electron chi connectivity index (χ2n) is 15.2. The van der Waals surface area contributed by atoms with E-state index in [0.717, 1.165) is 57.3 Å². The Labute approximate surface area is 261 Å². The summed E-state index contributed by atoms with van der Waals surface area (Å²) in [4.78, 5) is 26.8. The summed E-state index contributed by atoms with van der Waals surface area (Å²) in [6, 6.07) is 0. The molecule has 250 valence electrons. The smallest absolute Gasteiger partial charge is 0.340 e. The van der Waals surface area contributed by atoms with Crippen LogP contribution in [0.25, 0.3) is 0 Å². The minimum absolute atomic E-state index is 0.227. The van der Waals surface area contributed by atoms with E-state index in [1.807, 2.05) is 6.08 Å². The molecule has 0 radical (unpaired) electrons. The van der Waals surface area contributed by atoms with Crippen LogP contribution in [0.4, 0.5) is 0 Å². The molecular formula is C35H62O8. The number of hydrogen-bond donors (Lipinski definition) is 0. The van der Waals surface area contributed by atoms with Crippen molar-refractivity contribution in [3.05, 3.63) is 12.2 Å². The van der Waals surface area contributed by atoms with Gasteiger partial charge in [-0.2, -0.15) is 0 Å². The molecule has 2 fully saturated rings. The molecule has 0 aromatic carbocycles. The Bertz CT molecular complexity index is 888. The molecule has 2 saturated heterocycles. The molecule has 43 heavy (non-hydrogen) atoms. The fourth-order valence-electron chi connectivity index (χ4n) is 5.70. The highest BCUT2D eigenvalue weighted by molar-refractivity contribution is 5.87. The van der Waals surface area contributed by atoms with Gasteiger partial charge in [0.1, 0.15) is 11.2 Å². The fourth-order valence-corrected chi connectivity index (χ4v) is 5.70. The van der Waals surface area contributed by atoms with E-state index in [-0.39, 0.29) is 18.8 Å². The maximum Gasteiger partial charge on any atom is 0.340 e. The molecule has 0 unspecified atom stereocenters. The van der Waals surface area contributed by atoms with Gasteiger partial charge in [0.2, 0.25) is 0 Å². The van der Waals surface area contributed by atoms with E-state index in [9.17, 15) is 9.59 Å². The summed E-state index contributed by atoms with van der Waals surface area (Å²) in [5.41, 5.74) is -3.00. The summed E-state index contributed by atoms with van der Waals surface area (Å²) in [5, 5.41) is 0. The van der Waals surface area contributed by atoms with Crippen LogP contribution in [-0.2, 0) is 38.0 Å². The average molecular weight is 611 g/mol. The molecular weight excluding hydrogens is 548 g/mol. The second kappa shape index (κ2) is 16.2. The van der Waals surface area contributed by atoms with Gasteiger partial charge in [-0.25, -0.2) is 4.79 Å². The van der Waals surface area contributed by atoms with Crippen LogP contribution in [0, 0.1) is 11.8 Å². The lowest BCUT2D eigenvalue weighted by Gasteiger charge is -2.47. The summed E-state index contributed by atoms with van der Waals surface area (Å²) in [6.07, 6.45) is 14.5. The number of rotatable bonds is 16. The SMILES string of the molecule is CC(C)CCCCC1(CCCCCC/C=C/[C@@H]2COC(C)(C)O[C@]2(CC(=O)OC(C)(C)C)C(=O)OC(C)(C)C)OCCO1. The third-order valence-corrected chi connectivity index (χ3v) is 7.66. The van der Waals surface area contributed by atoms with E-state index in [4.69, 9.17) is 28.4 Å². The number of allylic oxidation sites excluding steroid dienone is 1. The predicted molar refractivity (Wildman–Crippen MR) is 168 cm³/mol. The fraction of sp³-hybridized carbons (Fsp3) is 0.886. The van der Waals surface area contributed by atoms with Crippen molar-refractivity contribution in [1.29, 1.82) is 0 Å². The topological polar surface area (TPSA) is 89.5 Å². The van der Waals surface area contributed by atoms with Gasteiger partial charge in [0.25, 0.3) is 0 Å². The van der Waals surface area contributed by atoms with E-state index in [2.05, 4.69) is 19.9 Å². The summed E-state index contributed by atoms with van der Waals surface area (Å²) in [6.45, 7) is 20.5. The van der Waals surface area contributed by atoms with Crippen molar-refractivity contribution in [2.45, 2.75) is 168 Å². The average Bonchev–Trinajstić information content (AvgIpc) is 3.30. The minimum atomic E-state index is -1.56. The van der Waals surface area contributed by atoms with Crippen molar-refractivity contribution in [3.63, 3.8) is 0 Å². The van der Waals surface area contributed by atoms with Crippen molar-refractivity contribution in [1.82, 2.24) is 0 Å². The van der Waals surface area contributed by atoms with Gasteiger partial charge in [-0.3, -0.25) is 4.79 Å². The highest BCUT2D eigenvalue weighted by Crippen LogP contribution is 2.41. The lowest BCUT2D eigenvalue weighted by Crippen LogP contribution is -2.61. The first kappa shape index (κ1) is 37.7. The van der Waals surface area contributed by atoms with Crippen LogP contribution in [0.5, 0.6) is 0 Å². The molecule has 2 heterocycles. The molecule has 8 nitrogen and oxygen atoms in total. The van der Waals surface area contributed by atoms with E-state index < -0.39 is 40.4 Å². The van der Waals surface area contributed by atoms with Crippen LogP contribution in [-0.4, -0.2) is 60.1 Å². The normalized spacial score (nSPS) is 24.0. The molecule has 0 N–H and O–H groups in total. The Kier molecular flexibility index (Phi) is 14.2. The zero-order valence-electron chi connectivity index (χ0n) is 29.0. The molecule has 8 heteroatoms. The first-order valence-electron chi connectivity index (χ1n) is 16.6.